The number of ether oxygens (including phenoxy) is 1. The maximum Gasteiger partial charge on any atom is 0.328 e. The van der Waals surface area contributed by atoms with Gasteiger partial charge in [0.25, 0.3) is 0 Å². The van der Waals surface area contributed by atoms with E-state index in [1.54, 1.807) is 0 Å². The van der Waals surface area contributed by atoms with Gasteiger partial charge < -0.3 is 19.9 Å². The molecule has 2 aromatic carbocycles. The number of carbonyl (C=O) groups is 2. The maximum atomic E-state index is 12.9. The summed E-state index contributed by atoms with van der Waals surface area (Å²) in [6.07, 6.45) is 0.786. The summed E-state index contributed by atoms with van der Waals surface area (Å²) in [5.41, 5.74) is 2.56. The Kier molecular flexibility index (Phi) is 8.06. The number of methoxy groups -OCH3 is 1. The van der Waals surface area contributed by atoms with E-state index < -0.39 is 6.04 Å². The molecular formula is C25H34N3O3+. The molecular weight excluding hydrogens is 390 g/mol. The average molecular weight is 425 g/mol. The topological polar surface area (TPSA) is 63.1 Å². The fraction of sp³-hybridized carbons (Fsp3) is 0.440. The lowest BCUT2D eigenvalue weighted by Crippen LogP contribution is -3.15. The molecule has 1 aliphatic rings. The van der Waals surface area contributed by atoms with Crippen LogP contribution < -0.4 is 10.2 Å². The highest BCUT2D eigenvalue weighted by Gasteiger charge is 2.33. The lowest BCUT2D eigenvalue weighted by Gasteiger charge is -2.37. The van der Waals surface area contributed by atoms with Crippen LogP contribution in [0.2, 0.25) is 0 Å². The van der Waals surface area contributed by atoms with Gasteiger partial charge >= 0.3 is 12.0 Å². The van der Waals surface area contributed by atoms with E-state index in [2.05, 4.69) is 53.8 Å². The Labute approximate surface area is 185 Å². The fourth-order valence-corrected chi connectivity index (χ4v) is 4.26. The second kappa shape index (κ2) is 11.0. The summed E-state index contributed by atoms with van der Waals surface area (Å²) in [5, 5.41) is 2.90. The van der Waals surface area contributed by atoms with Gasteiger partial charge in [-0.15, -0.1) is 0 Å². The Bertz CT molecular complexity index is 796. The number of esters is 1. The van der Waals surface area contributed by atoms with Crippen LogP contribution in [0.3, 0.4) is 0 Å². The number of hydrogen-bond donors (Lipinski definition) is 2. The zero-order chi connectivity index (χ0) is 22.2. The van der Waals surface area contributed by atoms with E-state index >= 15 is 0 Å². The van der Waals surface area contributed by atoms with Gasteiger partial charge in [0.2, 0.25) is 0 Å². The first kappa shape index (κ1) is 22.8. The molecule has 31 heavy (non-hydrogen) atoms. The second-order valence-electron chi connectivity index (χ2n) is 8.24. The van der Waals surface area contributed by atoms with Crippen LogP contribution >= 0.6 is 0 Å². The zero-order valence-corrected chi connectivity index (χ0v) is 18.7. The first-order valence-electron chi connectivity index (χ1n) is 11.1. The smallest absolute Gasteiger partial charge is 0.328 e. The van der Waals surface area contributed by atoms with Crippen molar-refractivity contribution in [2.75, 3.05) is 33.3 Å². The molecule has 3 rings (SSSR count). The van der Waals surface area contributed by atoms with E-state index in [4.69, 9.17) is 4.74 Å². The largest absolute Gasteiger partial charge is 0.467 e. The Morgan fingerprint density at radius 2 is 1.52 bits per heavy atom. The summed E-state index contributed by atoms with van der Waals surface area (Å²) in [7, 11) is 1.36. The number of quaternary nitrogens is 1. The molecule has 0 radical (unpaired) electrons. The molecule has 0 aromatic heterocycles. The normalized spacial score (nSPS) is 16.6. The molecule has 0 bridgehead atoms. The Balaban J connectivity index is 1.68. The molecule has 0 saturated carbocycles. The van der Waals surface area contributed by atoms with Crippen molar-refractivity contribution < 1.29 is 19.2 Å². The summed E-state index contributed by atoms with van der Waals surface area (Å²) in [4.78, 5) is 28.2. The van der Waals surface area contributed by atoms with Gasteiger partial charge in [-0.25, -0.2) is 9.59 Å². The summed E-state index contributed by atoms with van der Waals surface area (Å²) in [5.74, 6) is -0.371. The molecule has 1 fully saturated rings. The van der Waals surface area contributed by atoms with E-state index in [1.165, 1.54) is 23.1 Å². The monoisotopic (exact) mass is 424 g/mol. The van der Waals surface area contributed by atoms with Crippen LogP contribution in [-0.2, 0) is 9.53 Å². The minimum absolute atomic E-state index is 0.0175. The van der Waals surface area contributed by atoms with E-state index in [9.17, 15) is 9.59 Å². The molecule has 1 heterocycles. The molecule has 0 aliphatic carbocycles. The third-order valence-electron chi connectivity index (χ3n) is 6.31. The third kappa shape index (κ3) is 5.64. The van der Waals surface area contributed by atoms with Crippen LogP contribution in [-0.4, -0.2) is 56.2 Å². The molecule has 0 spiro atoms. The lowest BCUT2D eigenvalue weighted by atomic mass is 9.96. The van der Waals surface area contributed by atoms with Gasteiger partial charge in [-0.3, -0.25) is 0 Å². The van der Waals surface area contributed by atoms with Gasteiger partial charge in [0.15, 0.2) is 0 Å². The highest BCUT2D eigenvalue weighted by molar-refractivity contribution is 5.83. The van der Waals surface area contributed by atoms with Crippen LogP contribution in [0.1, 0.15) is 37.4 Å². The van der Waals surface area contributed by atoms with Crippen molar-refractivity contribution >= 4 is 12.0 Å². The van der Waals surface area contributed by atoms with Crippen LogP contribution in [0.4, 0.5) is 4.79 Å². The van der Waals surface area contributed by atoms with E-state index in [0.717, 1.165) is 19.5 Å². The first-order valence-corrected chi connectivity index (χ1v) is 11.1. The highest BCUT2D eigenvalue weighted by atomic mass is 16.5. The van der Waals surface area contributed by atoms with Gasteiger partial charge in [-0.05, 0) is 5.92 Å². The molecule has 2 N–H and O–H groups in total. The van der Waals surface area contributed by atoms with E-state index in [1.807, 2.05) is 30.9 Å². The number of nitrogens with one attached hydrogen (secondary N) is 2. The molecule has 1 saturated heterocycles. The predicted molar refractivity (Wildman–Crippen MR) is 121 cm³/mol. The Hall–Kier alpha value is -2.86. The molecule has 0 unspecified atom stereocenters. The van der Waals surface area contributed by atoms with Crippen molar-refractivity contribution in [1.82, 2.24) is 10.2 Å². The zero-order valence-electron chi connectivity index (χ0n) is 18.7. The van der Waals surface area contributed by atoms with Crippen molar-refractivity contribution in [3.63, 3.8) is 0 Å². The molecule has 166 valence electrons. The number of benzene rings is 2. The van der Waals surface area contributed by atoms with Crippen molar-refractivity contribution in [3.05, 3.63) is 71.8 Å². The van der Waals surface area contributed by atoms with Gasteiger partial charge in [0, 0.05) is 11.1 Å². The Morgan fingerprint density at radius 1 is 1.00 bits per heavy atom. The van der Waals surface area contributed by atoms with Gasteiger partial charge in [0.1, 0.15) is 12.1 Å². The predicted octanol–water partition coefficient (Wildman–Crippen LogP) is 2.27. The number of urea groups is 1. The Morgan fingerprint density at radius 3 is 1.97 bits per heavy atom. The lowest BCUT2D eigenvalue weighted by molar-refractivity contribution is -0.929. The molecule has 6 heteroatoms. The number of piperazine rings is 1. The standard InChI is InChI=1S/C25H33N3O3/c1-4-19(2)22(24(29)31-3)26-25(30)28-17-15-27(16-18-28)23(20-11-7-5-8-12-20)21-13-9-6-10-14-21/h5-14,19,22-23H,4,15-18H2,1-3H3,(H,26,30)/p+1/t19-,22-/m0/s1. The number of nitrogens with zero attached hydrogens (tertiary/aromatic N) is 1. The van der Waals surface area contributed by atoms with Crippen LogP contribution in [0.15, 0.2) is 60.7 Å². The van der Waals surface area contributed by atoms with Crippen LogP contribution in [0.5, 0.6) is 0 Å². The fourth-order valence-electron chi connectivity index (χ4n) is 4.26. The summed E-state index contributed by atoms with van der Waals surface area (Å²) < 4.78 is 4.89. The van der Waals surface area contributed by atoms with E-state index in [0.29, 0.717) is 13.1 Å². The molecule has 2 atom stereocenters. The number of amides is 2. The summed E-state index contributed by atoms with van der Waals surface area (Å²) in [6, 6.07) is 20.5. The number of hydrogen-bond acceptors (Lipinski definition) is 3. The molecule has 1 aliphatic heterocycles. The molecule has 6 nitrogen and oxygen atoms in total. The number of carbonyl (C=O) groups excluding carboxylic acids is 2. The first-order chi connectivity index (χ1) is 15.0. The van der Waals surface area contributed by atoms with Crippen molar-refractivity contribution in [2.24, 2.45) is 5.92 Å². The highest BCUT2D eigenvalue weighted by Crippen LogP contribution is 2.19. The summed E-state index contributed by atoms with van der Waals surface area (Å²) in [6.45, 7) is 6.93. The van der Waals surface area contributed by atoms with Gasteiger partial charge in [0.05, 0.1) is 33.3 Å². The summed E-state index contributed by atoms with van der Waals surface area (Å²) >= 11 is 0. The third-order valence-corrected chi connectivity index (χ3v) is 6.31. The maximum absolute atomic E-state index is 12.9. The van der Waals surface area contributed by atoms with E-state index in [-0.39, 0.29) is 24.0 Å². The quantitative estimate of drug-likeness (QED) is 0.671. The second-order valence-corrected chi connectivity index (χ2v) is 8.24. The van der Waals surface area contributed by atoms with Crippen LogP contribution in [0.25, 0.3) is 0 Å². The van der Waals surface area contributed by atoms with Gasteiger partial charge in [-0.2, -0.15) is 0 Å². The SMILES string of the molecule is CC[C@H](C)[C@H](NC(=O)N1CC[NH+](C(c2ccccc2)c2ccccc2)CC1)C(=O)OC. The average Bonchev–Trinajstić information content (AvgIpc) is 2.83. The molecule has 2 amide bonds. The van der Waals surface area contributed by atoms with Gasteiger partial charge in [-0.1, -0.05) is 80.9 Å². The minimum atomic E-state index is -0.616. The molecule has 2 aromatic rings. The van der Waals surface area contributed by atoms with Crippen molar-refractivity contribution in [2.45, 2.75) is 32.4 Å². The van der Waals surface area contributed by atoms with Crippen LogP contribution in [0, 0.1) is 5.92 Å². The van der Waals surface area contributed by atoms with Crippen molar-refractivity contribution in [3.8, 4) is 0 Å². The van der Waals surface area contributed by atoms with Crippen molar-refractivity contribution in [1.29, 1.82) is 0 Å². The minimum Gasteiger partial charge on any atom is -0.467 e. The number of rotatable bonds is 7.